The van der Waals surface area contributed by atoms with Crippen LogP contribution >= 0.6 is 0 Å². The lowest BCUT2D eigenvalue weighted by Crippen LogP contribution is -2.11. The molecule has 1 aliphatic carbocycles. The number of ether oxygens (including phenoxy) is 1. The van der Waals surface area contributed by atoms with Crippen LogP contribution < -0.4 is 4.74 Å². The Morgan fingerprint density at radius 1 is 0.900 bits per heavy atom. The Morgan fingerprint density at radius 2 is 1.77 bits per heavy atom. The molecular weight excluding hydrogens is 372 g/mol. The van der Waals surface area contributed by atoms with Gasteiger partial charge in [-0.1, -0.05) is 12.1 Å². The molecule has 4 aromatic heterocycles. The molecule has 0 spiro atoms. The summed E-state index contributed by atoms with van der Waals surface area (Å²) in [4.78, 5) is 16.7. The van der Waals surface area contributed by atoms with Gasteiger partial charge in [0.2, 0.25) is 5.88 Å². The molecule has 0 amide bonds. The maximum atomic E-state index is 5.95. The Kier molecular flexibility index (Phi) is 5.42. The number of aryl methyl sites for hydroxylation is 2. The van der Waals surface area contributed by atoms with E-state index in [-0.39, 0.29) is 0 Å². The number of fused-ring (bicyclic) bond motifs is 1. The molecule has 0 bridgehead atoms. The van der Waals surface area contributed by atoms with E-state index in [1.54, 1.807) is 0 Å². The van der Waals surface area contributed by atoms with Gasteiger partial charge in [-0.05, 0) is 73.4 Å². The number of nitrogens with one attached hydrogen (secondary N) is 1. The van der Waals surface area contributed by atoms with E-state index in [1.165, 1.54) is 34.9 Å². The highest BCUT2D eigenvalue weighted by Gasteiger charge is 2.16. The van der Waals surface area contributed by atoms with Gasteiger partial charge in [-0.3, -0.25) is 4.98 Å². The van der Waals surface area contributed by atoms with Gasteiger partial charge in [0.1, 0.15) is 11.8 Å². The van der Waals surface area contributed by atoms with E-state index in [0.29, 0.717) is 6.10 Å². The molecule has 5 heteroatoms. The highest BCUT2D eigenvalue weighted by Crippen LogP contribution is 2.23. The molecule has 4 heterocycles. The normalized spacial score (nSPS) is 14.4. The minimum Gasteiger partial charge on any atom is -0.474 e. The minimum absolute atomic E-state index is 0.353. The highest BCUT2D eigenvalue weighted by atomic mass is 16.5. The van der Waals surface area contributed by atoms with Gasteiger partial charge >= 0.3 is 0 Å². The quantitative estimate of drug-likeness (QED) is 0.473. The summed E-state index contributed by atoms with van der Waals surface area (Å²) in [5.41, 5.74) is 5.71. The maximum Gasteiger partial charge on any atom is 0.213 e. The van der Waals surface area contributed by atoms with Gasteiger partial charge in [0, 0.05) is 48.4 Å². The van der Waals surface area contributed by atoms with Gasteiger partial charge in [-0.15, -0.1) is 0 Å². The molecule has 5 nitrogen and oxygen atoms in total. The van der Waals surface area contributed by atoms with Crippen molar-refractivity contribution in [2.24, 2.45) is 0 Å². The minimum atomic E-state index is 0.353. The molecule has 1 N–H and O–H groups in total. The first-order chi connectivity index (χ1) is 14.8. The second-order valence-corrected chi connectivity index (χ2v) is 8.08. The number of H-pyrrole nitrogens is 1. The molecule has 5 rings (SSSR count). The molecule has 0 radical (unpaired) electrons. The summed E-state index contributed by atoms with van der Waals surface area (Å²) in [5, 5.41) is 1.18. The molecule has 152 valence electrons. The Bertz CT molecular complexity index is 1100. The van der Waals surface area contributed by atoms with E-state index in [4.69, 9.17) is 4.74 Å². The lowest BCUT2D eigenvalue weighted by Gasteiger charge is -2.12. The highest BCUT2D eigenvalue weighted by molar-refractivity contribution is 5.79. The fraction of sp³-hybridized carbons (Fsp3) is 0.320. The average Bonchev–Trinajstić information content (AvgIpc) is 3.45. The Hall–Kier alpha value is -3.21. The van der Waals surface area contributed by atoms with Gasteiger partial charge in [-0.25, -0.2) is 9.97 Å². The van der Waals surface area contributed by atoms with Crippen LogP contribution in [0.2, 0.25) is 0 Å². The van der Waals surface area contributed by atoms with Crippen LogP contribution in [0.5, 0.6) is 5.88 Å². The van der Waals surface area contributed by atoms with Crippen LogP contribution in [0, 0.1) is 0 Å². The molecule has 1 saturated carbocycles. The fourth-order valence-corrected chi connectivity index (χ4v) is 4.16. The SMILES string of the molecule is c1cnc2[nH]cc(Cc3ccc(CCc4ccc(OC5CCCC5)nc4)nc3)c2c1. The van der Waals surface area contributed by atoms with Crippen molar-refractivity contribution in [1.29, 1.82) is 0 Å². The van der Waals surface area contributed by atoms with Gasteiger partial charge < -0.3 is 9.72 Å². The van der Waals surface area contributed by atoms with Crippen LogP contribution in [0.3, 0.4) is 0 Å². The first-order valence-electron chi connectivity index (χ1n) is 10.8. The van der Waals surface area contributed by atoms with Gasteiger partial charge in [0.15, 0.2) is 0 Å². The number of pyridine rings is 3. The van der Waals surface area contributed by atoms with E-state index in [2.05, 4.69) is 44.2 Å². The van der Waals surface area contributed by atoms with Crippen molar-refractivity contribution in [1.82, 2.24) is 19.9 Å². The van der Waals surface area contributed by atoms with Gasteiger partial charge in [0.05, 0.1) is 0 Å². The van der Waals surface area contributed by atoms with E-state index in [9.17, 15) is 0 Å². The first kappa shape index (κ1) is 18.8. The van der Waals surface area contributed by atoms with Crippen molar-refractivity contribution < 1.29 is 4.74 Å². The number of hydrogen-bond donors (Lipinski definition) is 1. The number of aromatic nitrogens is 4. The predicted octanol–water partition coefficient (Wildman–Crippen LogP) is 5.05. The van der Waals surface area contributed by atoms with Crippen LogP contribution in [-0.2, 0) is 19.3 Å². The van der Waals surface area contributed by atoms with E-state index in [0.717, 1.165) is 49.3 Å². The zero-order valence-corrected chi connectivity index (χ0v) is 17.1. The number of hydrogen-bond acceptors (Lipinski definition) is 4. The van der Waals surface area contributed by atoms with Crippen molar-refractivity contribution in [3.05, 3.63) is 83.6 Å². The number of nitrogens with zero attached hydrogens (tertiary/aromatic N) is 3. The predicted molar refractivity (Wildman–Crippen MR) is 118 cm³/mol. The molecule has 30 heavy (non-hydrogen) atoms. The van der Waals surface area contributed by atoms with Crippen molar-refractivity contribution in [2.75, 3.05) is 0 Å². The zero-order chi connectivity index (χ0) is 20.2. The second kappa shape index (κ2) is 8.66. The molecular formula is C25H26N4O. The number of rotatable bonds is 7. The molecule has 4 aromatic rings. The summed E-state index contributed by atoms with van der Waals surface area (Å²) >= 11 is 0. The molecule has 0 aliphatic heterocycles. The van der Waals surface area contributed by atoms with Crippen LogP contribution in [-0.4, -0.2) is 26.0 Å². The third-order valence-electron chi connectivity index (χ3n) is 5.87. The monoisotopic (exact) mass is 398 g/mol. The Morgan fingerprint density at radius 3 is 2.57 bits per heavy atom. The third kappa shape index (κ3) is 4.35. The lowest BCUT2D eigenvalue weighted by atomic mass is 10.1. The summed E-state index contributed by atoms with van der Waals surface area (Å²) < 4.78 is 5.95. The molecule has 0 saturated heterocycles. The van der Waals surface area contributed by atoms with Crippen LogP contribution in [0.15, 0.2) is 61.2 Å². The van der Waals surface area contributed by atoms with E-state index >= 15 is 0 Å². The molecule has 0 aromatic carbocycles. The van der Waals surface area contributed by atoms with Crippen LogP contribution in [0.4, 0.5) is 0 Å². The molecule has 1 aliphatic rings. The van der Waals surface area contributed by atoms with Gasteiger partial charge in [-0.2, -0.15) is 0 Å². The number of aromatic amines is 1. The maximum absolute atomic E-state index is 5.95. The van der Waals surface area contributed by atoms with Crippen molar-refractivity contribution in [3.63, 3.8) is 0 Å². The van der Waals surface area contributed by atoms with Crippen molar-refractivity contribution >= 4 is 11.0 Å². The standard InChI is InChI=1S/C25H26N4O/c1-2-5-22(4-1)30-24-12-9-18(15-28-24)7-10-21-11-8-19(16-27-21)14-20-17-29-25-23(20)6-3-13-26-25/h3,6,8-9,11-13,15-17,22H,1-2,4-5,7,10,14H2,(H,26,29). The molecule has 0 atom stereocenters. The summed E-state index contributed by atoms with van der Waals surface area (Å²) in [5.74, 6) is 0.751. The summed E-state index contributed by atoms with van der Waals surface area (Å²) in [6, 6.07) is 12.5. The lowest BCUT2D eigenvalue weighted by molar-refractivity contribution is 0.201. The summed E-state index contributed by atoms with van der Waals surface area (Å²) in [7, 11) is 0. The topological polar surface area (TPSA) is 63.7 Å². The smallest absolute Gasteiger partial charge is 0.213 e. The fourth-order valence-electron chi connectivity index (χ4n) is 4.16. The van der Waals surface area contributed by atoms with Gasteiger partial charge in [0.25, 0.3) is 0 Å². The Balaban J connectivity index is 1.16. The average molecular weight is 399 g/mol. The van der Waals surface area contributed by atoms with Crippen molar-refractivity contribution in [2.45, 2.75) is 51.0 Å². The zero-order valence-electron chi connectivity index (χ0n) is 17.1. The van der Waals surface area contributed by atoms with Crippen LogP contribution in [0.1, 0.15) is 48.1 Å². The second-order valence-electron chi connectivity index (χ2n) is 8.08. The Labute approximate surface area is 176 Å². The summed E-state index contributed by atoms with van der Waals surface area (Å²) in [6.45, 7) is 0. The molecule has 1 fully saturated rings. The van der Waals surface area contributed by atoms with Crippen LogP contribution in [0.25, 0.3) is 11.0 Å². The largest absolute Gasteiger partial charge is 0.474 e. The third-order valence-corrected chi connectivity index (χ3v) is 5.87. The summed E-state index contributed by atoms with van der Waals surface area (Å²) in [6.07, 6.45) is 15.7. The first-order valence-corrected chi connectivity index (χ1v) is 10.8. The molecule has 0 unspecified atom stereocenters. The van der Waals surface area contributed by atoms with E-state index < -0.39 is 0 Å². The van der Waals surface area contributed by atoms with E-state index in [1.807, 2.05) is 36.9 Å². The van der Waals surface area contributed by atoms with Crippen molar-refractivity contribution in [3.8, 4) is 5.88 Å².